The van der Waals surface area contributed by atoms with Crippen molar-refractivity contribution in [2.45, 2.75) is 19.4 Å². The van der Waals surface area contributed by atoms with Crippen LogP contribution in [0.2, 0.25) is 0 Å². The summed E-state index contributed by atoms with van der Waals surface area (Å²) < 4.78 is 0. The van der Waals surface area contributed by atoms with E-state index in [1.54, 1.807) is 32.1 Å². The number of nitrogen functional groups attached to an aromatic ring is 1. The average molecular weight is 234 g/mol. The number of nitrogens with one attached hydrogen (secondary N) is 1. The van der Waals surface area contributed by atoms with Gasteiger partial charge in [-0.15, -0.1) is 0 Å². The van der Waals surface area contributed by atoms with Gasteiger partial charge in [-0.2, -0.15) is 0 Å². The highest BCUT2D eigenvalue weighted by Crippen LogP contribution is 2.07. The molecular formula is C13H18N2O2. The number of carbonyl (C=O) groups excluding carboxylic acids is 1. The number of anilines is 1. The van der Waals surface area contributed by atoms with Crippen molar-refractivity contribution in [3.8, 4) is 0 Å². The van der Waals surface area contributed by atoms with Crippen LogP contribution in [0.25, 0.3) is 6.08 Å². The van der Waals surface area contributed by atoms with Crippen molar-refractivity contribution in [3.05, 3.63) is 35.9 Å². The van der Waals surface area contributed by atoms with Crippen molar-refractivity contribution in [3.63, 3.8) is 0 Å². The standard InChI is InChI=1S/C13H18N2O2/c1-13(2,17)9-15-12(16)7-6-10-4-3-5-11(14)8-10/h3-8,17H,9,14H2,1-2H3,(H,15,16)/b7-6+. The first-order valence-electron chi connectivity index (χ1n) is 5.41. The first-order valence-corrected chi connectivity index (χ1v) is 5.41. The molecule has 4 heteroatoms. The molecule has 0 aliphatic rings. The minimum Gasteiger partial charge on any atom is -0.399 e. The van der Waals surface area contributed by atoms with Crippen molar-refractivity contribution in [1.29, 1.82) is 0 Å². The lowest BCUT2D eigenvalue weighted by Crippen LogP contribution is -2.37. The second-order valence-corrected chi connectivity index (χ2v) is 4.53. The van der Waals surface area contributed by atoms with Crippen LogP contribution in [0.15, 0.2) is 30.3 Å². The normalized spacial score (nSPS) is 11.7. The molecule has 0 aliphatic carbocycles. The van der Waals surface area contributed by atoms with Gasteiger partial charge in [0, 0.05) is 18.3 Å². The van der Waals surface area contributed by atoms with E-state index >= 15 is 0 Å². The fraction of sp³-hybridized carbons (Fsp3) is 0.308. The second kappa shape index (κ2) is 5.50. The zero-order valence-corrected chi connectivity index (χ0v) is 10.1. The summed E-state index contributed by atoms with van der Waals surface area (Å²) in [5.74, 6) is -0.241. The molecule has 0 aliphatic heterocycles. The third-order valence-corrected chi connectivity index (χ3v) is 2.03. The molecular weight excluding hydrogens is 216 g/mol. The lowest BCUT2D eigenvalue weighted by Gasteiger charge is -2.16. The van der Waals surface area contributed by atoms with Crippen LogP contribution < -0.4 is 11.1 Å². The van der Waals surface area contributed by atoms with Gasteiger partial charge in [-0.3, -0.25) is 4.79 Å². The maximum absolute atomic E-state index is 11.4. The molecule has 0 fully saturated rings. The van der Waals surface area contributed by atoms with Crippen LogP contribution in [0, 0.1) is 0 Å². The number of benzene rings is 1. The molecule has 17 heavy (non-hydrogen) atoms. The van der Waals surface area contributed by atoms with Gasteiger partial charge in [0.15, 0.2) is 0 Å². The summed E-state index contributed by atoms with van der Waals surface area (Å²) in [7, 11) is 0. The summed E-state index contributed by atoms with van der Waals surface area (Å²) in [6.07, 6.45) is 3.09. The van der Waals surface area contributed by atoms with Gasteiger partial charge in [0.25, 0.3) is 0 Å². The van der Waals surface area contributed by atoms with E-state index in [9.17, 15) is 9.90 Å². The molecule has 4 N–H and O–H groups in total. The highest BCUT2D eigenvalue weighted by atomic mass is 16.3. The van der Waals surface area contributed by atoms with Gasteiger partial charge in [0.05, 0.1) is 5.60 Å². The van der Waals surface area contributed by atoms with E-state index in [4.69, 9.17) is 5.73 Å². The Morgan fingerprint density at radius 3 is 2.82 bits per heavy atom. The molecule has 0 aromatic heterocycles. The number of rotatable bonds is 4. The van der Waals surface area contributed by atoms with Gasteiger partial charge < -0.3 is 16.2 Å². The molecule has 1 aromatic carbocycles. The summed E-state index contributed by atoms with van der Waals surface area (Å²) >= 11 is 0. The fourth-order valence-corrected chi connectivity index (χ4v) is 1.20. The third kappa shape index (κ3) is 5.73. The fourth-order valence-electron chi connectivity index (χ4n) is 1.20. The summed E-state index contributed by atoms with van der Waals surface area (Å²) in [4.78, 5) is 11.4. The zero-order chi connectivity index (χ0) is 12.9. The van der Waals surface area contributed by atoms with E-state index < -0.39 is 5.60 Å². The Hall–Kier alpha value is -1.81. The molecule has 0 saturated heterocycles. The van der Waals surface area contributed by atoms with Gasteiger partial charge >= 0.3 is 0 Å². The van der Waals surface area contributed by atoms with E-state index in [1.807, 2.05) is 12.1 Å². The van der Waals surface area contributed by atoms with E-state index in [-0.39, 0.29) is 12.5 Å². The number of hydrogen-bond acceptors (Lipinski definition) is 3. The van der Waals surface area contributed by atoms with Crippen molar-refractivity contribution in [1.82, 2.24) is 5.32 Å². The smallest absolute Gasteiger partial charge is 0.244 e. The topological polar surface area (TPSA) is 75.3 Å². The molecule has 0 saturated carbocycles. The summed E-state index contributed by atoms with van der Waals surface area (Å²) in [5, 5.41) is 12.0. The van der Waals surface area contributed by atoms with Gasteiger partial charge in [-0.25, -0.2) is 0 Å². The molecule has 1 rings (SSSR count). The Morgan fingerprint density at radius 1 is 1.53 bits per heavy atom. The Labute approximate surface area is 101 Å². The molecule has 1 aromatic rings. The molecule has 1 amide bonds. The first-order chi connectivity index (χ1) is 7.87. The van der Waals surface area contributed by atoms with E-state index in [1.165, 1.54) is 6.08 Å². The van der Waals surface area contributed by atoms with Crippen LogP contribution in [0.5, 0.6) is 0 Å². The Morgan fingerprint density at radius 2 is 2.24 bits per heavy atom. The average Bonchev–Trinajstić information content (AvgIpc) is 2.23. The highest BCUT2D eigenvalue weighted by Gasteiger charge is 2.12. The first kappa shape index (κ1) is 13.3. The van der Waals surface area contributed by atoms with Crippen LogP contribution in [-0.2, 0) is 4.79 Å². The van der Waals surface area contributed by atoms with E-state index in [0.29, 0.717) is 5.69 Å². The number of aliphatic hydroxyl groups is 1. The molecule has 0 unspecified atom stereocenters. The zero-order valence-electron chi connectivity index (χ0n) is 10.1. The summed E-state index contributed by atoms with van der Waals surface area (Å²) in [5.41, 5.74) is 6.23. The van der Waals surface area contributed by atoms with Gasteiger partial charge in [0.2, 0.25) is 5.91 Å². The van der Waals surface area contributed by atoms with Gasteiger partial charge in [0.1, 0.15) is 0 Å². The lowest BCUT2D eigenvalue weighted by atomic mass is 10.1. The molecule has 0 radical (unpaired) electrons. The maximum Gasteiger partial charge on any atom is 0.244 e. The van der Waals surface area contributed by atoms with Crippen LogP contribution in [0.4, 0.5) is 5.69 Å². The maximum atomic E-state index is 11.4. The summed E-state index contributed by atoms with van der Waals surface area (Å²) in [6, 6.07) is 7.24. The van der Waals surface area contributed by atoms with Gasteiger partial charge in [-0.1, -0.05) is 12.1 Å². The largest absolute Gasteiger partial charge is 0.399 e. The number of hydrogen-bond donors (Lipinski definition) is 3. The molecule has 92 valence electrons. The summed E-state index contributed by atoms with van der Waals surface area (Å²) in [6.45, 7) is 3.48. The van der Waals surface area contributed by atoms with Crippen LogP contribution in [0.3, 0.4) is 0 Å². The predicted molar refractivity (Wildman–Crippen MR) is 69.2 cm³/mol. The van der Waals surface area contributed by atoms with E-state index in [2.05, 4.69) is 5.32 Å². The Kier molecular flexibility index (Phi) is 4.29. The van der Waals surface area contributed by atoms with Crippen molar-refractivity contribution in [2.75, 3.05) is 12.3 Å². The highest BCUT2D eigenvalue weighted by molar-refractivity contribution is 5.91. The molecule has 0 bridgehead atoms. The number of carbonyl (C=O) groups is 1. The van der Waals surface area contributed by atoms with E-state index in [0.717, 1.165) is 5.56 Å². The van der Waals surface area contributed by atoms with Crippen molar-refractivity contribution < 1.29 is 9.90 Å². The monoisotopic (exact) mass is 234 g/mol. The minimum absolute atomic E-state index is 0.215. The molecule has 4 nitrogen and oxygen atoms in total. The molecule has 0 atom stereocenters. The Balaban J connectivity index is 2.51. The number of amides is 1. The molecule has 0 heterocycles. The van der Waals surface area contributed by atoms with Crippen LogP contribution in [-0.4, -0.2) is 23.2 Å². The quantitative estimate of drug-likeness (QED) is 0.540. The predicted octanol–water partition coefficient (Wildman–Crippen LogP) is 1.17. The van der Waals surface area contributed by atoms with Crippen molar-refractivity contribution in [2.24, 2.45) is 0 Å². The number of nitrogens with two attached hydrogens (primary N) is 1. The third-order valence-electron chi connectivity index (χ3n) is 2.03. The minimum atomic E-state index is -0.902. The lowest BCUT2D eigenvalue weighted by molar-refractivity contribution is -0.117. The molecule has 0 spiro atoms. The van der Waals surface area contributed by atoms with Crippen LogP contribution in [0.1, 0.15) is 19.4 Å². The van der Waals surface area contributed by atoms with Gasteiger partial charge in [-0.05, 0) is 37.6 Å². The Bertz CT molecular complexity index is 420. The van der Waals surface area contributed by atoms with Crippen molar-refractivity contribution >= 4 is 17.7 Å². The second-order valence-electron chi connectivity index (χ2n) is 4.53. The SMILES string of the molecule is CC(C)(O)CNC(=O)/C=C/c1cccc(N)c1. The van der Waals surface area contributed by atoms with Crippen LogP contribution >= 0.6 is 0 Å².